The molecule has 0 amide bonds. The van der Waals surface area contributed by atoms with Gasteiger partial charge in [-0.3, -0.25) is 0 Å². The van der Waals surface area contributed by atoms with E-state index in [-0.39, 0.29) is 6.10 Å². The molecule has 1 aromatic rings. The molecule has 0 unspecified atom stereocenters. The summed E-state index contributed by atoms with van der Waals surface area (Å²) in [5, 5.41) is 9.92. The topological polar surface area (TPSA) is 27.8 Å². The first-order valence-electron chi connectivity index (χ1n) is 5.30. The van der Waals surface area contributed by atoms with Gasteiger partial charge in [-0.25, -0.2) is 4.85 Å². The Morgan fingerprint density at radius 3 is 2.62 bits per heavy atom. The molecule has 0 bridgehead atoms. The van der Waals surface area contributed by atoms with Crippen LogP contribution in [0, 0.1) is 6.57 Å². The summed E-state index contributed by atoms with van der Waals surface area (Å²) >= 11 is 5.99. The van der Waals surface area contributed by atoms with E-state index in [4.69, 9.17) is 18.2 Å². The number of nitrogens with zero attached hydrogens (tertiary/aromatic N) is 2. The SMILES string of the molecule is [C-]#[N+]c1ccc(N2CCC(O)CC2)cc1Cl. The third-order valence-corrected chi connectivity index (χ3v) is 3.18. The van der Waals surface area contributed by atoms with Gasteiger partial charge in [-0.2, -0.15) is 0 Å². The molecule has 16 heavy (non-hydrogen) atoms. The van der Waals surface area contributed by atoms with Gasteiger partial charge < -0.3 is 10.0 Å². The summed E-state index contributed by atoms with van der Waals surface area (Å²) in [6, 6.07) is 5.49. The first kappa shape index (κ1) is 11.3. The number of hydrogen-bond donors (Lipinski definition) is 1. The number of aliphatic hydroxyl groups is 1. The Kier molecular flexibility index (Phi) is 3.33. The summed E-state index contributed by atoms with van der Waals surface area (Å²) in [5.41, 5.74) is 1.52. The zero-order valence-corrected chi connectivity index (χ0v) is 9.61. The second kappa shape index (κ2) is 4.73. The van der Waals surface area contributed by atoms with Crippen molar-refractivity contribution < 1.29 is 5.11 Å². The molecule has 0 atom stereocenters. The van der Waals surface area contributed by atoms with E-state index in [0.717, 1.165) is 31.6 Å². The van der Waals surface area contributed by atoms with E-state index in [1.165, 1.54) is 0 Å². The fourth-order valence-electron chi connectivity index (χ4n) is 1.91. The first-order valence-corrected chi connectivity index (χ1v) is 5.68. The lowest BCUT2D eigenvalue weighted by Crippen LogP contribution is -2.35. The van der Waals surface area contributed by atoms with Gasteiger partial charge >= 0.3 is 0 Å². The molecule has 0 spiro atoms. The van der Waals surface area contributed by atoms with E-state index in [1.54, 1.807) is 6.07 Å². The van der Waals surface area contributed by atoms with E-state index < -0.39 is 0 Å². The molecule has 0 saturated carbocycles. The zero-order chi connectivity index (χ0) is 11.5. The summed E-state index contributed by atoms with van der Waals surface area (Å²) in [5.74, 6) is 0. The van der Waals surface area contributed by atoms with Gasteiger partial charge in [0.1, 0.15) is 0 Å². The molecular formula is C12H13ClN2O. The van der Waals surface area contributed by atoms with E-state index in [0.29, 0.717) is 10.7 Å². The molecular weight excluding hydrogens is 224 g/mol. The lowest BCUT2D eigenvalue weighted by Gasteiger charge is -2.31. The van der Waals surface area contributed by atoms with Crippen LogP contribution in [-0.4, -0.2) is 24.3 Å². The summed E-state index contributed by atoms with van der Waals surface area (Å²) in [7, 11) is 0. The van der Waals surface area contributed by atoms with Gasteiger partial charge in [0.15, 0.2) is 0 Å². The maximum atomic E-state index is 9.42. The van der Waals surface area contributed by atoms with Crippen LogP contribution < -0.4 is 4.90 Å². The van der Waals surface area contributed by atoms with Crippen molar-refractivity contribution in [2.75, 3.05) is 18.0 Å². The van der Waals surface area contributed by atoms with Crippen LogP contribution in [0.5, 0.6) is 0 Å². The average molecular weight is 237 g/mol. The van der Waals surface area contributed by atoms with Crippen molar-refractivity contribution in [3.05, 3.63) is 34.6 Å². The molecule has 4 heteroatoms. The molecule has 1 heterocycles. The Morgan fingerprint density at radius 2 is 2.06 bits per heavy atom. The van der Waals surface area contributed by atoms with Crippen LogP contribution in [0.15, 0.2) is 18.2 Å². The molecule has 1 aliphatic heterocycles. The highest BCUT2D eigenvalue weighted by molar-refractivity contribution is 6.33. The van der Waals surface area contributed by atoms with Crippen LogP contribution >= 0.6 is 11.6 Å². The lowest BCUT2D eigenvalue weighted by atomic mass is 10.1. The number of rotatable bonds is 1. The van der Waals surface area contributed by atoms with Gasteiger partial charge in [-0.05, 0) is 25.0 Å². The number of piperidine rings is 1. The summed E-state index contributed by atoms with van der Waals surface area (Å²) in [6.45, 7) is 8.60. The molecule has 2 rings (SSSR count). The highest BCUT2D eigenvalue weighted by atomic mass is 35.5. The maximum absolute atomic E-state index is 9.42. The molecule has 0 aromatic heterocycles. The van der Waals surface area contributed by atoms with Crippen LogP contribution in [0.1, 0.15) is 12.8 Å². The van der Waals surface area contributed by atoms with Crippen molar-refractivity contribution in [2.24, 2.45) is 0 Å². The van der Waals surface area contributed by atoms with Crippen LogP contribution in [0.2, 0.25) is 5.02 Å². The minimum Gasteiger partial charge on any atom is -0.393 e. The van der Waals surface area contributed by atoms with E-state index in [2.05, 4.69) is 9.74 Å². The Balaban J connectivity index is 2.16. The highest BCUT2D eigenvalue weighted by Gasteiger charge is 2.17. The Hall–Kier alpha value is -1.24. The maximum Gasteiger partial charge on any atom is 0.205 e. The molecule has 1 fully saturated rings. The van der Waals surface area contributed by atoms with Crippen molar-refractivity contribution in [1.29, 1.82) is 0 Å². The van der Waals surface area contributed by atoms with Crippen LogP contribution in [0.25, 0.3) is 4.85 Å². The zero-order valence-electron chi connectivity index (χ0n) is 8.86. The summed E-state index contributed by atoms with van der Waals surface area (Å²) < 4.78 is 0. The quantitative estimate of drug-likeness (QED) is 0.760. The normalized spacial score (nSPS) is 17.2. The van der Waals surface area contributed by atoms with Gasteiger partial charge in [0.2, 0.25) is 5.69 Å². The standard InChI is InChI=1S/C12H13ClN2O/c1-14-12-3-2-9(8-11(12)13)15-6-4-10(16)5-7-15/h2-3,8,10,16H,4-7H2. The molecule has 0 aliphatic carbocycles. The van der Waals surface area contributed by atoms with Crippen molar-refractivity contribution in [2.45, 2.75) is 18.9 Å². The lowest BCUT2D eigenvalue weighted by molar-refractivity contribution is 0.145. The van der Waals surface area contributed by atoms with Crippen LogP contribution in [0.3, 0.4) is 0 Å². The third kappa shape index (κ3) is 2.29. The fraction of sp³-hybridized carbons (Fsp3) is 0.417. The number of anilines is 1. The summed E-state index contributed by atoms with van der Waals surface area (Å²) in [6.07, 6.45) is 1.42. The monoisotopic (exact) mass is 236 g/mol. The van der Waals surface area contributed by atoms with E-state index in [1.807, 2.05) is 12.1 Å². The van der Waals surface area contributed by atoms with Crippen LogP contribution in [-0.2, 0) is 0 Å². The summed E-state index contributed by atoms with van der Waals surface area (Å²) in [4.78, 5) is 5.51. The number of hydrogen-bond acceptors (Lipinski definition) is 2. The fourth-order valence-corrected chi connectivity index (χ4v) is 2.12. The van der Waals surface area contributed by atoms with Crippen molar-refractivity contribution in [1.82, 2.24) is 0 Å². The van der Waals surface area contributed by atoms with Gasteiger partial charge in [0.25, 0.3) is 0 Å². The number of halogens is 1. The van der Waals surface area contributed by atoms with E-state index in [9.17, 15) is 5.11 Å². The minimum absolute atomic E-state index is 0.172. The smallest absolute Gasteiger partial charge is 0.205 e. The Labute approximate surface area is 100 Å². The average Bonchev–Trinajstić information content (AvgIpc) is 2.30. The first-order chi connectivity index (χ1) is 7.70. The molecule has 3 nitrogen and oxygen atoms in total. The van der Waals surface area contributed by atoms with E-state index >= 15 is 0 Å². The molecule has 0 radical (unpaired) electrons. The third-order valence-electron chi connectivity index (χ3n) is 2.88. The number of benzene rings is 1. The molecule has 84 valence electrons. The Morgan fingerprint density at radius 1 is 1.38 bits per heavy atom. The highest BCUT2D eigenvalue weighted by Crippen LogP contribution is 2.30. The molecule has 1 aliphatic rings. The van der Waals surface area contributed by atoms with Crippen LogP contribution in [0.4, 0.5) is 11.4 Å². The second-order valence-corrected chi connectivity index (χ2v) is 4.37. The Bertz CT molecular complexity index is 420. The molecule has 1 saturated heterocycles. The van der Waals surface area contributed by atoms with Crippen molar-refractivity contribution >= 4 is 23.0 Å². The van der Waals surface area contributed by atoms with Gasteiger partial charge in [-0.1, -0.05) is 17.7 Å². The van der Waals surface area contributed by atoms with Gasteiger partial charge in [-0.15, -0.1) is 0 Å². The van der Waals surface area contributed by atoms with Gasteiger partial charge in [0, 0.05) is 23.8 Å². The van der Waals surface area contributed by atoms with Crippen molar-refractivity contribution in [3.8, 4) is 0 Å². The predicted molar refractivity (Wildman–Crippen MR) is 65.2 cm³/mol. The second-order valence-electron chi connectivity index (χ2n) is 3.97. The number of aliphatic hydroxyl groups excluding tert-OH is 1. The predicted octanol–water partition coefficient (Wildman–Crippen LogP) is 2.85. The van der Waals surface area contributed by atoms with Crippen molar-refractivity contribution in [3.63, 3.8) is 0 Å². The van der Waals surface area contributed by atoms with Gasteiger partial charge in [0.05, 0.1) is 12.7 Å². The molecule has 1 aromatic carbocycles. The molecule has 1 N–H and O–H groups in total. The largest absolute Gasteiger partial charge is 0.393 e. The minimum atomic E-state index is -0.172.